The van der Waals surface area contributed by atoms with Crippen LogP contribution in [0.3, 0.4) is 0 Å². The lowest BCUT2D eigenvalue weighted by Crippen LogP contribution is -2.34. The van der Waals surface area contributed by atoms with Crippen LogP contribution >= 0.6 is 0 Å². The van der Waals surface area contributed by atoms with Gasteiger partial charge in [0.15, 0.2) is 11.5 Å². The van der Waals surface area contributed by atoms with Crippen LogP contribution in [-0.2, 0) is 6.54 Å². The number of nitrogens with zero attached hydrogens (tertiary/aromatic N) is 2. The van der Waals surface area contributed by atoms with E-state index in [2.05, 4.69) is 23.3 Å². The van der Waals surface area contributed by atoms with Crippen LogP contribution in [0.15, 0.2) is 79.1 Å². The molecule has 3 aromatic carbocycles. The van der Waals surface area contributed by atoms with Crippen molar-refractivity contribution >= 4 is 17.5 Å². The van der Waals surface area contributed by atoms with E-state index in [1.165, 1.54) is 7.11 Å². The summed E-state index contributed by atoms with van der Waals surface area (Å²) in [5.74, 6) is 0.552. The molecule has 4 rings (SSSR count). The Balaban J connectivity index is 1.61. The first-order valence-corrected chi connectivity index (χ1v) is 11.9. The molecular weight excluding hydrogens is 468 g/mol. The van der Waals surface area contributed by atoms with E-state index in [4.69, 9.17) is 9.47 Å². The molecule has 0 aromatic heterocycles. The second kappa shape index (κ2) is 11.3. The Bertz CT molecular complexity index is 1360. The number of fused-ring (bicyclic) bond motifs is 1. The molecular formula is C29H28N4O4. The third kappa shape index (κ3) is 5.26. The topological polar surface area (TPSA) is 104 Å². The molecule has 8 nitrogen and oxygen atoms in total. The van der Waals surface area contributed by atoms with Gasteiger partial charge in [0.2, 0.25) is 0 Å². The molecule has 188 valence electrons. The number of carbonyl (C=O) groups excluding carboxylic acids is 2. The van der Waals surface area contributed by atoms with Gasteiger partial charge in [-0.2, -0.15) is 5.26 Å². The van der Waals surface area contributed by atoms with Crippen LogP contribution in [-0.4, -0.2) is 30.4 Å². The van der Waals surface area contributed by atoms with Gasteiger partial charge in [0, 0.05) is 6.54 Å². The van der Waals surface area contributed by atoms with Crippen molar-refractivity contribution in [1.82, 2.24) is 10.2 Å². The number of amides is 2. The molecule has 0 aliphatic carbocycles. The van der Waals surface area contributed by atoms with Crippen molar-refractivity contribution in [3.8, 4) is 17.6 Å². The van der Waals surface area contributed by atoms with Crippen LogP contribution < -0.4 is 20.1 Å². The van der Waals surface area contributed by atoms with Crippen LogP contribution in [0.5, 0.6) is 11.5 Å². The molecule has 0 saturated heterocycles. The second-order valence-electron chi connectivity index (χ2n) is 8.37. The minimum Gasteiger partial charge on any atom is -0.493 e. The van der Waals surface area contributed by atoms with Crippen molar-refractivity contribution in [3.63, 3.8) is 0 Å². The monoisotopic (exact) mass is 496 g/mol. The zero-order valence-corrected chi connectivity index (χ0v) is 20.8. The summed E-state index contributed by atoms with van der Waals surface area (Å²) in [4.78, 5) is 28.3. The van der Waals surface area contributed by atoms with Gasteiger partial charge in [-0.05, 0) is 42.3 Å². The van der Waals surface area contributed by atoms with E-state index in [-0.39, 0.29) is 17.5 Å². The summed E-state index contributed by atoms with van der Waals surface area (Å²) in [6.45, 7) is 6.81. The van der Waals surface area contributed by atoms with E-state index < -0.39 is 17.9 Å². The van der Waals surface area contributed by atoms with Gasteiger partial charge >= 0.3 is 0 Å². The van der Waals surface area contributed by atoms with Gasteiger partial charge in [-0.15, -0.1) is 0 Å². The lowest BCUT2D eigenvalue weighted by Gasteiger charge is -2.25. The highest BCUT2D eigenvalue weighted by Crippen LogP contribution is 2.39. The molecule has 8 heteroatoms. The molecule has 0 spiro atoms. The number of anilines is 1. The van der Waals surface area contributed by atoms with Crippen LogP contribution in [0.1, 0.15) is 51.2 Å². The molecule has 1 atom stereocenters. The molecule has 1 aliphatic heterocycles. The molecule has 2 N–H and O–H groups in total. The molecule has 1 aliphatic rings. The van der Waals surface area contributed by atoms with Gasteiger partial charge in [0.25, 0.3) is 11.8 Å². The largest absolute Gasteiger partial charge is 0.493 e. The highest BCUT2D eigenvalue weighted by Gasteiger charge is 2.42. The minimum atomic E-state index is -0.797. The Morgan fingerprint density at radius 3 is 2.54 bits per heavy atom. The van der Waals surface area contributed by atoms with Gasteiger partial charge in [-0.3, -0.25) is 14.5 Å². The quantitative estimate of drug-likeness (QED) is 0.359. The summed E-state index contributed by atoms with van der Waals surface area (Å²) in [6.07, 6.45) is -0.0720. The molecule has 3 aromatic rings. The van der Waals surface area contributed by atoms with Gasteiger partial charge < -0.3 is 20.1 Å². The first-order valence-electron chi connectivity index (χ1n) is 11.9. The smallest absolute Gasteiger partial charge is 0.264 e. The number of imide groups is 1. The fraction of sp³-hybridized carbons (Fsp3) is 0.207. The van der Waals surface area contributed by atoms with Crippen LogP contribution in [0.2, 0.25) is 0 Å². The number of nitrogens with one attached hydrogen (secondary N) is 2. The number of methoxy groups -OCH3 is 1. The SMILES string of the molecule is C=C(NCc1ccccc1)Nc1cccc2c1C(=O)N(C(CC#N)c1ccc(OC)c(OCC)c1)C2=O. The lowest BCUT2D eigenvalue weighted by atomic mass is 10.0. The summed E-state index contributed by atoms with van der Waals surface area (Å²) < 4.78 is 11.0. The predicted molar refractivity (Wildman–Crippen MR) is 140 cm³/mol. The number of nitriles is 1. The van der Waals surface area contributed by atoms with Crippen molar-refractivity contribution in [2.75, 3.05) is 19.0 Å². The number of hydrogen-bond donors (Lipinski definition) is 2. The Kier molecular flexibility index (Phi) is 7.74. The van der Waals surface area contributed by atoms with Crippen molar-refractivity contribution in [2.45, 2.75) is 25.9 Å². The molecule has 37 heavy (non-hydrogen) atoms. The van der Waals surface area contributed by atoms with Gasteiger partial charge in [0.05, 0.1) is 54.9 Å². The zero-order chi connectivity index (χ0) is 26.4. The number of carbonyl (C=O) groups is 2. The van der Waals surface area contributed by atoms with Crippen molar-refractivity contribution in [2.24, 2.45) is 0 Å². The molecule has 1 heterocycles. The average molecular weight is 497 g/mol. The molecule has 0 fully saturated rings. The number of benzene rings is 3. The summed E-state index contributed by atoms with van der Waals surface area (Å²) in [5, 5.41) is 15.9. The Hall–Kier alpha value is -4.77. The van der Waals surface area contributed by atoms with Gasteiger partial charge in [0.1, 0.15) is 0 Å². The fourth-order valence-electron chi connectivity index (χ4n) is 4.32. The normalized spacial score (nSPS) is 12.9. The van der Waals surface area contributed by atoms with E-state index in [0.717, 1.165) is 10.5 Å². The molecule has 2 amide bonds. The number of ether oxygens (including phenoxy) is 2. The van der Waals surface area contributed by atoms with Crippen LogP contribution in [0, 0.1) is 11.3 Å². The van der Waals surface area contributed by atoms with Crippen LogP contribution in [0.25, 0.3) is 0 Å². The standard InChI is InChI=1S/C29H28N4O4/c1-4-37-26-17-21(13-14-25(26)36-3)24(15-16-30)33-28(34)22-11-8-12-23(27(22)29(33)35)32-19(2)31-18-20-9-6-5-7-10-20/h5-14,17,24,31-32H,2,4,15,18H2,1,3H3. The van der Waals surface area contributed by atoms with Crippen LogP contribution in [0.4, 0.5) is 5.69 Å². The average Bonchev–Trinajstić information content (AvgIpc) is 3.17. The highest BCUT2D eigenvalue weighted by molar-refractivity contribution is 6.24. The fourth-order valence-corrected chi connectivity index (χ4v) is 4.32. The summed E-state index contributed by atoms with van der Waals surface area (Å²) in [5.41, 5.74) is 2.66. The predicted octanol–water partition coefficient (Wildman–Crippen LogP) is 5.02. The van der Waals surface area contributed by atoms with E-state index in [1.54, 1.807) is 36.4 Å². The number of hydrogen-bond acceptors (Lipinski definition) is 7. The summed E-state index contributed by atoms with van der Waals surface area (Å²) >= 11 is 0. The Labute approximate surface area is 216 Å². The third-order valence-electron chi connectivity index (χ3n) is 6.05. The first kappa shape index (κ1) is 25.3. The van der Waals surface area contributed by atoms with Crippen molar-refractivity contribution < 1.29 is 19.1 Å². The number of rotatable bonds is 11. The van der Waals surface area contributed by atoms with E-state index in [1.807, 2.05) is 37.3 Å². The van der Waals surface area contributed by atoms with E-state index in [0.29, 0.717) is 41.7 Å². The summed E-state index contributed by atoms with van der Waals surface area (Å²) in [7, 11) is 1.53. The second-order valence-corrected chi connectivity index (χ2v) is 8.37. The maximum Gasteiger partial charge on any atom is 0.264 e. The minimum absolute atomic E-state index is 0.0720. The Morgan fingerprint density at radius 2 is 1.84 bits per heavy atom. The molecule has 0 radical (unpaired) electrons. The molecule has 0 bridgehead atoms. The highest BCUT2D eigenvalue weighted by atomic mass is 16.5. The van der Waals surface area contributed by atoms with E-state index in [9.17, 15) is 14.9 Å². The first-order chi connectivity index (χ1) is 18.0. The lowest BCUT2D eigenvalue weighted by molar-refractivity contribution is 0.0584. The van der Waals surface area contributed by atoms with E-state index >= 15 is 0 Å². The van der Waals surface area contributed by atoms with Gasteiger partial charge in [-0.25, -0.2) is 0 Å². The van der Waals surface area contributed by atoms with Crippen molar-refractivity contribution in [1.29, 1.82) is 5.26 Å². The Morgan fingerprint density at radius 1 is 1.05 bits per heavy atom. The maximum absolute atomic E-state index is 13.7. The van der Waals surface area contributed by atoms with Gasteiger partial charge in [-0.1, -0.05) is 49.0 Å². The molecule has 1 unspecified atom stereocenters. The maximum atomic E-state index is 13.7. The zero-order valence-electron chi connectivity index (χ0n) is 20.8. The van der Waals surface area contributed by atoms with Crippen molar-refractivity contribution in [3.05, 3.63) is 101 Å². The summed E-state index contributed by atoms with van der Waals surface area (Å²) in [6, 6.07) is 21.4. The third-order valence-corrected chi connectivity index (χ3v) is 6.05. The molecule has 0 saturated carbocycles.